The van der Waals surface area contributed by atoms with Gasteiger partial charge in [-0.3, -0.25) is 14.4 Å². The van der Waals surface area contributed by atoms with Crippen molar-refractivity contribution in [1.29, 1.82) is 0 Å². The number of sulfonamides is 1. The average Bonchev–Trinajstić information content (AvgIpc) is 2.84. The molecule has 0 aromatic heterocycles. The molecule has 1 aliphatic heterocycles. The summed E-state index contributed by atoms with van der Waals surface area (Å²) in [5.74, 6) is -1.14. The van der Waals surface area contributed by atoms with E-state index in [-0.39, 0.29) is 42.0 Å². The first-order valence-electron chi connectivity index (χ1n) is 11.2. The molecule has 1 amide bonds. The Hall–Kier alpha value is -3.04. The van der Waals surface area contributed by atoms with Gasteiger partial charge in [0.2, 0.25) is 15.9 Å². The molecule has 2 aromatic carbocycles. The van der Waals surface area contributed by atoms with Gasteiger partial charge < -0.3 is 10.1 Å². The minimum atomic E-state index is -3.71. The fourth-order valence-corrected chi connectivity index (χ4v) is 5.43. The number of carbonyl (C=O) groups is 3. The van der Waals surface area contributed by atoms with Crippen LogP contribution in [0.3, 0.4) is 0 Å². The highest BCUT2D eigenvalue weighted by molar-refractivity contribution is 7.89. The Kier molecular flexibility index (Phi) is 8.22. The van der Waals surface area contributed by atoms with Crippen LogP contribution in [0.15, 0.2) is 53.4 Å². The number of piperidine rings is 1. The molecule has 3 rings (SSSR count). The maximum Gasteiger partial charge on any atom is 0.307 e. The van der Waals surface area contributed by atoms with E-state index in [4.69, 9.17) is 4.74 Å². The quantitative estimate of drug-likeness (QED) is 0.454. The van der Waals surface area contributed by atoms with Crippen molar-refractivity contribution < 1.29 is 27.5 Å². The number of benzene rings is 2. The van der Waals surface area contributed by atoms with Crippen molar-refractivity contribution in [2.24, 2.45) is 5.92 Å². The molecule has 1 unspecified atom stereocenters. The van der Waals surface area contributed by atoms with Crippen molar-refractivity contribution in [1.82, 2.24) is 9.62 Å². The van der Waals surface area contributed by atoms with Gasteiger partial charge in [-0.15, -0.1) is 0 Å². The van der Waals surface area contributed by atoms with E-state index >= 15 is 0 Å². The van der Waals surface area contributed by atoms with Gasteiger partial charge in [-0.2, -0.15) is 4.31 Å². The van der Waals surface area contributed by atoms with Gasteiger partial charge in [0.15, 0.2) is 5.78 Å². The molecule has 1 heterocycles. The van der Waals surface area contributed by atoms with Crippen molar-refractivity contribution in [3.05, 3.63) is 65.2 Å². The molecule has 9 heteroatoms. The summed E-state index contributed by atoms with van der Waals surface area (Å²) in [7, 11) is -2.41. The normalized spacial score (nSPS) is 16.0. The van der Waals surface area contributed by atoms with Crippen LogP contribution < -0.4 is 5.32 Å². The van der Waals surface area contributed by atoms with E-state index in [1.807, 2.05) is 31.2 Å². The van der Waals surface area contributed by atoms with Gasteiger partial charge in [0.05, 0.1) is 24.5 Å². The lowest BCUT2D eigenvalue weighted by Crippen LogP contribution is -2.44. The van der Waals surface area contributed by atoms with Crippen molar-refractivity contribution in [3.8, 4) is 0 Å². The second-order valence-corrected chi connectivity index (χ2v) is 10.4. The van der Waals surface area contributed by atoms with Gasteiger partial charge in [0, 0.05) is 24.6 Å². The molecular formula is C25H30N2O6S. The molecule has 2 aromatic rings. The summed E-state index contributed by atoms with van der Waals surface area (Å²) < 4.78 is 32.1. The fourth-order valence-electron chi connectivity index (χ4n) is 3.96. The van der Waals surface area contributed by atoms with Crippen LogP contribution in [0.1, 0.15) is 53.7 Å². The molecule has 1 atom stereocenters. The molecule has 1 saturated heterocycles. The fraction of sp³-hybridized carbons (Fsp3) is 0.400. The van der Waals surface area contributed by atoms with E-state index in [9.17, 15) is 22.8 Å². The van der Waals surface area contributed by atoms with E-state index in [1.54, 1.807) is 0 Å². The van der Waals surface area contributed by atoms with Gasteiger partial charge in [0.25, 0.3) is 0 Å². The molecule has 1 aliphatic rings. The lowest BCUT2D eigenvalue weighted by molar-refractivity contribution is -0.141. The number of amides is 1. The number of rotatable bonds is 8. The molecular weight excluding hydrogens is 456 g/mol. The zero-order chi connectivity index (χ0) is 24.9. The third kappa shape index (κ3) is 6.09. The molecule has 8 nitrogen and oxygen atoms in total. The highest BCUT2D eigenvalue weighted by atomic mass is 32.2. The summed E-state index contributed by atoms with van der Waals surface area (Å²) in [5, 5.41) is 2.95. The molecule has 34 heavy (non-hydrogen) atoms. The van der Waals surface area contributed by atoms with Crippen molar-refractivity contribution in [2.75, 3.05) is 20.2 Å². The van der Waals surface area contributed by atoms with Crippen LogP contribution in [0.25, 0.3) is 0 Å². The number of hydrogen-bond acceptors (Lipinski definition) is 6. The summed E-state index contributed by atoms with van der Waals surface area (Å²) in [4.78, 5) is 36.4. The molecule has 1 fully saturated rings. The third-order valence-corrected chi connectivity index (χ3v) is 8.03. The first kappa shape index (κ1) is 25.6. The number of methoxy groups -OCH3 is 1. The van der Waals surface area contributed by atoms with Crippen molar-refractivity contribution >= 4 is 27.7 Å². The second-order valence-electron chi connectivity index (χ2n) is 8.51. The Bertz CT molecular complexity index is 1130. The summed E-state index contributed by atoms with van der Waals surface area (Å²) in [6.45, 7) is 3.80. The Morgan fingerprint density at radius 1 is 1.03 bits per heavy atom. The zero-order valence-electron chi connectivity index (χ0n) is 19.6. The van der Waals surface area contributed by atoms with E-state index in [2.05, 4.69) is 5.32 Å². The Balaban J connectivity index is 1.64. The first-order valence-corrected chi connectivity index (χ1v) is 12.6. The zero-order valence-corrected chi connectivity index (χ0v) is 20.4. The standard InChI is InChI=1S/C25H30N2O6S/c1-17-4-6-20(7-5-17)23(16-24(29)33-3)26-25(30)21-12-14-27(15-13-21)34(31,32)22-10-8-19(9-11-22)18(2)28/h4-11,21,23H,12-16H2,1-3H3,(H,26,30). The van der Waals surface area contributed by atoms with Gasteiger partial charge in [-0.25, -0.2) is 8.42 Å². The number of carbonyl (C=O) groups excluding carboxylic acids is 3. The van der Waals surface area contributed by atoms with E-state index in [0.29, 0.717) is 18.4 Å². The number of hydrogen-bond donors (Lipinski definition) is 1. The Morgan fingerprint density at radius 3 is 2.15 bits per heavy atom. The van der Waals surface area contributed by atoms with Crippen molar-refractivity contribution in [3.63, 3.8) is 0 Å². The lowest BCUT2D eigenvalue weighted by Gasteiger charge is -2.31. The lowest BCUT2D eigenvalue weighted by atomic mass is 9.95. The number of Topliss-reactive ketones (excluding diaryl/α,β-unsaturated/α-hetero) is 1. The molecule has 0 aliphatic carbocycles. The topological polar surface area (TPSA) is 110 Å². The van der Waals surface area contributed by atoms with E-state index < -0.39 is 22.0 Å². The summed E-state index contributed by atoms with van der Waals surface area (Å²) in [5.41, 5.74) is 2.32. The van der Waals surface area contributed by atoms with Crippen LogP contribution in [0.4, 0.5) is 0 Å². The number of esters is 1. The Labute approximate surface area is 200 Å². The highest BCUT2D eigenvalue weighted by Gasteiger charge is 2.33. The summed E-state index contributed by atoms with van der Waals surface area (Å²) >= 11 is 0. The SMILES string of the molecule is COC(=O)CC(NC(=O)C1CCN(S(=O)(=O)c2ccc(C(C)=O)cc2)CC1)c1ccc(C)cc1. The van der Waals surface area contributed by atoms with Gasteiger partial charge >= 0.3 is 5.97 Å². The monoisotopic (exact) mass is 486 g/mol. The number of nitrogens with one attached hydrogen (secondary N) is 1. The summed E-state index contributed by atoms with van der Waals surface area (Å²) in [6.07, 6.45) is 0.750. The molecule has 1 N–H and O–H groups in total. The van der Waals surface area contributed by atoms with Crippen LogP contribution in [0, 0.1) is 12.8 Å². The largest absolute Gasteiger partial charge is 0.469 e. The van der Waals surface area contributed by atoms with Crippen LogP contribution >= 0.6 is 0 Å². The maximum atomic E-state index is 13.0. The number of nitrogens with zero attached hydrogens (tertiary/aromatic N) is 1. The number of ketones is 1. The molecule has 0 bridgehead atoms. The number of aryl methyl sites for hydroxylation is 1. The smallest absolute Gasteiger partial charge is 0.307 e. The Morgan fingerprint density at radius 2 is 1.62 bits per heavy atom. The molecule has 0 saturated carbocycles. The average molecular weight is 487 g/mol. The van der Waals surface area contributed by atoms with Gasteiger partial charge in [-0.05, 0) is 44.4 Å². The van der Waals surface area contributed by atoms with Crippen molar-refractivity contribution in [2.45, 2.75) is 44.0 Å². The first-order chi connectivity index (χ1) is 16.1. The molecule has 182 valence electrons. The third-order valence-electron chi connectivity index (χ3n) is 6.12. The van der Waals surface area contributed by atoms with Crippen LogP contribution in [-0.2, 0) is 24.3 Å². The predicted molar refractivity (Wildman–Crippen MR) is 127 cm³/mol. The van der Waals surface area contributed by atoms with E-state index in [0.717, 1.165) is 11.1 Å². The van der Waals surface area contributed by atoms with Crippen LogP contribution in [-0.4, -0.2) is 50.6 Å². The van der Waals surface area contributed by atoms with Gasteiger partial charge in [-0.1, -0.05) is 42.0 Å². The second kappa shape index (κ2) is 10.9. The van der Waals surface area contributed by atoms with Gasteiger partial charge in [0.1, 0.15) is 0 Å². The minimum Gasteiger partial charge on any atom is -0.469 e. The van der Waals surface area contributed by atoms with E-state index in [1.165, 1.54) is 42.6 Å². The van der Waals surface area contributed by atoms with Crippen LogP contribution in [0.5, 0.6) is 0 Å². The summed E-state index contributed by atoms with van der Waals surface area (Å²) in [6, 6.07) is 12.9. The highest BCUT2D eigenvalue weighted by Crippen LogP contribution is 2.26. The van der Waals surface area contributed by atoms with Crippen LogP contribution in [0.2, 0.25) is 0 Å². The number of ether oxygens (including phenoxy) is 1. The minimum absolute atomic E-state index is 0.00871. The maximum absolute atomic E-state index is 13.0. The predicted octanol–water partition coefficient (Wildman–Crippen LogP) is 3.02. The molecule has 0 spiro atoms. The molecule has 0 radical (unpaired) electrons.